The summed E-state index contributed by atoms with van der Waals surface area (Å²) in [5.41, 5.74) is 2.70. The molecule has 0 radical (unpaired) electrons. The van der Waals surface area contributed by atoms with Gasteiger partial charge in [-0.25, -0.2) is 4.79 Å². The van der Waals surface area contributed by atoms with E-state index in [-0.39, 0.29) is 18.1 Å². The summed E-state index contributed by atoms with van der Waals surface area (Å²) in [5.74, 6) is 1.66. The molecule has 136 valence electrons. The lowest BCUT2D eigenvalue weighted by molar-refractivity contribution is 0.218. The monoisotopic (exact) mass is 368 g/mol. The Morgan fingerprint density at radius 3 is 2.38 bits per heavy atom. The molecule has 0 aromatic heterocycles. The Labute approximate surface area is 160 Å². The predicted molar refractivity (Wildman–Crippen MR) is 106 cm³/mol. The van der Waals surface area contributed by atoms with Crippen LogP contribution in [-0.4, -0.2) is 18.1 Å². The summed E-state index contributed by atoms with van der Waals surface area (Å²) in [5, 5.41) is 7.02. The first-order valence-electron chi connectivity index (χ1n) is 9.47. The molecule has 2 aromatic rings. The van der Waals surface area contributed by atoms with Crippen LogP contribution >= 0.6 is 11.6 Å². The average molecular weight is 369 g/mol. The molecule has 2 aromatic carbocycles. The SMILES string of the molecule is CC(NC(=O)NC1CC(c2ccc(Cl)cc2)C1)C1CC1c1ccccc1. The first-order chi connectivity index (χ1) is 12.6. The van der Waals surface area contributed by atoms with Gasteiger partial charge in [-0.2, -0.15) is 0 Å². The van der Waals surface area contributed by atoms with Gasteiger partial charge in [0.2, 0.25) is 0 Å². The Balaban J connectivity index is 1.20. The van der Waals surface area contributed by atoms with Gasteiger partial charge in [0.1, 0.15) is 0 Å². The second kappa shape index (κ2) is 7.32. The van der Waals surface area contributed by atoms with Crippen molar-refractivity contribution in [2.45, 2.75) is 50.1 Å². The van der Waals surface area contributed by atoms with Gasteiger partial charge in [-0.05, 0) is 67.2 Å². The lowest BCUT2D eigenvalue weighted by Gasteiger charge is -2.36. The van der Waals surface area contributed by atoms with E-state index in [1.165, 1.54) is 11.1 Å². The third-order valence-electron chi connectivity index (χ3n) is 5.88. The van der Waals surface area contributed by atoms with Crippen LogP contribution in [0.15, 0.2) is 54.6 Å². The van der Waals surface area contributed by atoms with Crippen LogP contribution in [0.1, 0.15) is 49.1 Å². The molecule has 2 amide bonds. The van der Waals surface area contributed by atoms with E-state index in [1.807, 2.05) is 18.2 Å². The van der Waals surface area contributed by atoms with Crippen LogP contribution < -0.4 is 10.6 Å². The standard InChI is InChI=1S/C22H25ClN2O/c1-14(20-13-21(20)16-5-3-2-4-6-16)24-22(26)25-19-11-17(12-19)15-7-9-18(23)10-8-15/h2-10,14,17,19-21H,11-13H2,1H3,(H2,24,25,26). The summed E-state index contributed by atoms with van der Waals surface area (Å²) in [7, 11) is 0. The van der Waals surface area contributed by atoms with Crippen LogP contribution in [0.25, 0.3) is 0 Å². The zero-order chi connectivity index (χ0) is 18.1. The summed E-state index contributed by atoms with van der Waals surface area (Å²) in [6.45, 7) is 2.12. The van der Waals surface area contributed by atoms with Crippen molar-refractivity contribution in [3.05, 3.63) is 70.7 Å². The molecule has 2 aliphatic carbocycles. The number of urea groups is 1. The molecule has 0 saturated heterocycles. The van der Waals surface area contributed by atoms with Crippen molar-refractivity contribution < 1.29 is 4.79 Å². The van der Waals surface area contributed by atoms with E-state index in [4.69, 9.17) is 11.6 Å². The fraction of sp³-hybridized carbons (Fsp3) is 0.409. The molecule has 0 heterocycles. The van der Waals surface area contributed by atoms with Gasteiger partial charge < -0.3 is 10.6 Å². The minimum Gasteiger partial charge on any atom is -0.335 e. The molecule has 2 N–H and O–H groups in total. The first-order valence-corrected chi connectivity index (χ1v) is 9.85. The molecule has 0 bridgehead atoms. The highest BCUT2D eigenvalue weighted by molar-refractivity contribution is 6.30. The fourth-order valence-electron chi connectivity index (χ4n) is 4.13. The number of nitrogens with one attached hydrogen (secondary N) is 2. The van der Waals surface area contributed by atoms with Gasteiger partial charge in [0, 0.05) is 17.1 Å². The van der Waals surface area contributed by atoms with Gasteiger partial charge in [0.25, 0.3) is 0 Å². The van der Waals surface area contributed by atoms with Crippen molar-refractivity contribution >= 4 is 17.6 Å². The fourth-order valence-corrected chi connectivity index (χ4v) is 4.26. The topological polar surface area (TPSA) is 41.1 Å². The van der Waals surface area contributed by atoms with E-state index in [1.54, 1.807) is 0 Å². The molecule has 3 atom stereocenters. The Bertz CT molecular complexity index is 755. The molecule has 0 spiro atoms. The molecule has 26 heavy (non-hydrogen) atoms. The van der Waals surface area contributed by atoms with Gasteiger partial charge in [-0.1, -0.05) is 54.1 Å². The van der Waals surface area contributed by atoms with E-state index < -0.39 is 0 Å². The Kier molecular flexibility index (Phi) is 4.90. The molecule has 4 heteroatoms. The van der Waals surface area contributed by atoms with Crippen LogP contribution in [0.2, 0.25) is 5.02 Å². The van der Waals surface area contributed by atoms with Crippen LogP contribution in [0.4, 0.5) is 4.79 Å². The number of hydrogen-bond donors (Lipinski definition) is 2. The van der Waals surface area contributed by atoms with E-state index in [9.17, 15) is 4.79 Å². The van der Waals surface area contributed by atoms with Gasteiger partial charge in [0.05, 0.1) is 0 Å². The van der Waals surface area contributed by atoms with Gasteiger partial charge in [0.15, 0.2) is 0 Å². The largest absolute Gasteiger partial charge is 0.335 e. The van der Waals surface area contributed by atoms with Gasteiger partial charge in [-0.3, -0.25) is 0 Å². The Morgan fingerprint density at radius 2 is 1.69 bits per heavy atom. The summed E-state index contributed by atoms with van der Waals surface area (Å²) >= 11 is 5.94. The quantitative estimate of drug-likeness (QED) is 0.759. The molecule has 2 saturated carbocycles. The molecule has 4 rings (SSSR count). The second-order valence-corrected chi connectivity index (χ2v) is 8.18. The van der Waals surface area contributed by atoms with Gasteiger partial charge >= 0.3 is 6.03 Å². The van der Waals surface area contributed by atoms with Crippen molar-refractivity contribution in [2.24, 2.45) is 5.92 Å². The van der Waals surface area contributed by atoms with E-state index in [0.29, 0.717) is 17.8 Å². The minimum absolute atomic E-state index is 0.0317. The third-order valence-corrected chi connectivity index (χ3v) is 6.14. The highest BCUT2D eigenvalue weighted by Crippen LogP contribution is 2.49. The number of benzene rings is 2. The highest BCUT2D eigenvalue weighted by atomic mass is 35.5. The number of carbonyl (C=O) groups is 1. The lowest BCUT2D eigenvalue weighted by Crippen LogP contribution is -2.50. The van der Waals surface area contributed by atoms with Crippen molar-refractivity contribution in [2.75, 3.05) is 0 Å². The molecule has 0 aliphatic heterocycles. The van der Waals surface area contributed by atoms with Crippen LogP contribution in [0, 0.1) is 5.92 Å². The van der Waals surface area contributed by atoms with Gasteiger partial charge in [-0.15, -0.1) is 0 Å². The minimum atomic E-state index is -0.0317. The molecular weight excluding hydrogens is 344 g/mol. The second-order valence-electron chi connectivity index (χ2n) is 7.74. The highest BCUT2D eigenvalue weighted by Gasteiger charge is 2.42. The molecule has 2 fully saturated rings. The normalized spacial score (nSPS) is 27.9. The first kappa shape index (κ1) is 17.4. The van der Waals surface area contributed by atoms with Crippen molar-refractivity contribution in [3.8, 4) is 0 Å². The lowest BCUT2D eigenvalue weighted by atomic mass is 9.76. The predicted octanol–water partition coefficient (Wildman–Crippen LogP) is 5.08. The summed E-state index contributed by atoms with van der Waals surface area (Å²) in [4.78, 5) is 12.3. The molecular formula is C22H25ClN2O. The van der Waals surface area contributed by atoms with Crippen molar-refractivity contribution in [1.29, 1.82) is 0 Å². The number of rotatable bonds is 5. The number of amides is 2. The smallest absolute Gasteiger partial charge is 0.315 e. The summed E-state index contributed by atoms with van der Waals surface area (Å²) < 4.78 is 0. The summed E-state index contributed by atoms with van der Waals surface area (Å²) in [6, 6.07) is 19.1. The maximum Gasteiger partial charge on any atom is 0.315 e. The maximum atomic E-state index is 12.3. The van der Waals surface area contributed by atoms with Crippen molar-refractivity contribution in [3.63, 3.8) is 0 Å². The maximum absolute atomic E-state index is 12.3. The molecule has 3 unspecified atom stereocenters. The number of hydrogen-bond acceptors (Lipinski definition) is 1. The third kappa shape index (κ3) is 3.88. The number of halogens is 1. The average Bonchev–Trinajstić information content (AvgIpc) is 3.40. The van der Waals surface area contributed by atoms with Crippen LogP contribution in [-0.2, 0) is 0 Å². The Morgan fingerprint density at radius 1 is 1.00 bits per heavy atom. The van der Waals surface area contributed by atoms with Crippen LogP contribution in [0.5, 0.6) is 0 Å². The van der Waals surface area contributed by atoms with E-state index in [2.05, 4.69) is 54.0 Å². The number of carbonyl (C=O) groups excluding carboxylic acids is 1. The zero-order valence-electron chi connectivity index (χ0n) is 15.0. The van der Waals surface area contributed by atoms with E-state index in [0.717, 1.165) is 24.3 Å². The Hall–Kier alpha value is -2.00. The van der Waals surface area contributed by atoms with E-state index >= 15 is 0 Å². The van der Waals surface area contributed by atoms with Crippen molar-refractivity contribution in [1.82, 2.24) is 10.6 Å². The summed E-state index contributed by atoms with van der Waals surface area (Å²) in [6.07, 6.45) is 3.16. The molecule has 3 nitrogen and oxygen atoms in total. The zero-order valence-corrected chi connectivity index (χ0v) is 15.7. The molecule has 2 aliphatic rings. The van der Waals surface area contributed by atoms with Crippen LogP contribution in [0.3, 0.4) is 0 Å².